The first kappa shape index (κ1) is 17.5. The summed E-state index contributed by atoms with van der Waals surface area (Å²) in [5.41, 5.74) is 5.39. The topological polar surface area (TPSA) is 102 Å². The minimum atomic E-state index is -0.986. The van der Waals surface area contributed by atoms with E-state index in [1.165, 1.54) is 0 Å². The van der Waals surface area contributed by atoms with Crippen LogP contribution in [0.25, 0.3) is 0 Å². The molecule has 1 amide bonds. The lowest BCUT2D eigenvalue weighted by molar-refractivity contribution is -0.138. The van der Waals surface area contributed by atoms with E-state index in [0.717, 1.165) is 32.1 Å². The number of carbonyl (C=O) groups is 2. The fourth-order valence-corrected chi connectivity index (χ4v) is 2.22. The molecule has 0 bridgehead atoms. The predicted octanol–water partition coefficient (Wildman–Crippen LogP) is 2.18. The van der Waals surface area contributed by atoms with Gasteiger partial charge in [0.05, 0.1) is 0 Å². The molecule has 21 heavy (non-hydrogen) atoms. The molecule has 4 N–H and O–H groups in total. The highest BCUT2D eigenvalue weighted by Crippen LogP contribution is 2.15. The van der Waals surface area contributed by atoms with Gasteiger partial charge in [-0.25, -0.2) is 4.79 Å². The molecule has 120 valence electrons. The van der Waals surface area contributed by atoms with Crippen molar-refractivity contribution < 1.29 is 19.4 Å². The smallest absolute Gasteiger partial charge is 0.407 e. The SMILES string of the molecule is N[C@@H](CCCCNC(=O)OC1CC=CCCCC1)C(=O)O. The number of nitrogens with two attached hydrogens (primary N) is 1. The van der Waals surface area contributed by atoms with Crippen LogP contribution in [-0.4, -0.2) is 35.9 Å². The maximum Gasteiger partial charge on any atom is 0.407 e. The van der Waals surface area contributed by atoms with Gasteiger partial charge >= 0.3 is 12.1 Å². The lowest BCUT2D eigenvalue weighted by atomic mass is 10.0. The van der Waals surface area contributed by atoms with Crippen LogP contribution in [0.5, 0.6) is 0 Å². The normalized spacial score (nSPS) is 20.1. The lowest BCUT2D eigenvalue weighted by Crippen LogP contribution is -2.31. The van der Waals surface area contributed by atoms with E-state index in [0.29, 0.717) is 25.8 Å². The number of nitrogens with one attached hydrogen (secondary N) is 1. The fourth-order valence-electron chi connectivity index (χ4n) is 2.22. The van der Waals surface area contributed by atoms with Crippen molar-refractivity contribution in [1.29, 1.82) is 0 Å². The zero-order chi connectivity index (χ0) is 15.5. The Labute approximate surface area is 125 Å². The van der Waals surface area contributed by atoms with Gasteiger partial charge in [-0.1, -0.05) is 12.2 Å². The zero-order valence-corrected chi connectivity index (χ0v) is 12.4. The standard InChI is InChI=1S/C15H26N2O4/c16-13(14(18)19)10-6-7-11-17-15(20)21-12-8-4-2-1-3-5-9-12/h2,4,12-13H,1,3,5-11,16H2,(H,17,20)(H,18,19)/t12?,13-/m0/s1. The van der Waals surface area contributed by atoms with E-state index in [-0.39, 0.29) is 6.10 Å². The van der Waals surface area contributed by atoms with Crippen molar-refractivity contribution in [2.24, 2.45) is 5.73 Å². The molecule has 0 heterocycles. The second kappa shape index (κ2) is 10.2. The Morgan fingerprint density at radius 1 is 1.33 bits per heavy atom. The summed E-state index contributed by atoms with van der Waals surface area (Å²) in [6, 6.07) is -0.821. The number of unbranched alkanes of at least 4 members (excludes halogenated alkanes) is 1. The van der Waals surface area contributed by atoms with E-state index < -0.39 is 18.1 Å². The Morgan fingerprint density at radius 3 is 2.90 bits per heavy atom. The highest BCUT2D eigenvalue weighted by molar-refractivity contribution is 5.72. The fraction of sp³-hybridized carbons (Fsp3) is 0.733. The number of carboxylic acid groups (broad SMARTS) is 1. The number of hydrogen-bond donors (Lipinski definition) is 3. The summed E-state index contributed by atoms with van der Waals surface area (Å²) in [5.74, 6) is -0.986. The number of carboxylic acids is 1. The number of ether oxygens (including phenoxy) is 1. The third-order valence-electron chi connectivity index (χ3n) is 3.51. The van der Waals surface area contributed by atoms with Crippen LogP contribution in [0.15, 0.2) is 12.2 Å². The van der Waals surface area contributed by atoms with Gasteiger partial charge in [-0.15, -0.1) is 0 Å². The molecule has 0 saturated heterocycles. The molecule has 1 rings (SSSR count). The van der Waals surface area contributed by atoms with E-state index in [1.807, 2.05) is 0 Å². The maximum atomic E-state index is 11.6. The summed E-state index contributed by atoms with van der Waals surface area (Å²) in [6.07, 6.45) is 10.6. The predicted molar refractivity (Wildman–Crippen MR) is 80.0 cm³/mol. The number of rotatable bonds is 7. The van der Waals surface area contributed by atoms with Crippen LogP contribution < -0.4 is 11.1 Å². The first-order valence-electron chi connectivity index (χ1n) is 7.67. The van der Waals surface area contributed by atoms with Crippen LogP contribution in [0.2, 0.25) is 0 Å². The van der Waals surface area contributed by atoms with Gasteiger partial charge in [0.1, 0.15) is 12.1 Å². The van der Waals surface area contributed by atoms with Crippen LogP contribution in [0.3, 0.4) is 0 Å². The molecule has 1 aliphatic carbocycles. The van der Waals surface area contributed by atoms with Crippen molar-refractivity contribution in [2.45, 2.75) is 63.5 Å². The second-order valence-corrected chi connectivity index (χ2v) is 5.39. The van der Waals surface area contributed by atoms with Crippen LogP contribution >= 0.6 is 0 Å². The molecule has 0 spiro atoms. The van der Waals surface area contributed by atoms with E-state index >= 15 is 0 Å². The average Bonchev–Trinajstić information content (AvgIpc) is 2.41. The molecule has 2 atom stereocenters. The van der Waals surface area contributed by atoms with Crippen molar-refractivity contribution in [3.63, 3.8) is 0 Å². The second-order valence-electron chi connectivity index (χ2n) is 5.39. The molecule has 1 aliphatic rings. The first-order chi connectivity index (χ1) is 10.1. The Morgan fingerprint density at radius 2 is 2.14 bits per heavy atom. The van der Waals surface area contributed by atoms with Crippen LogP contribution in [0.4, 0.5) is 4.79 Å². The number of alkyl carbamates (subject to hydrolysis) is 1. The summed E-state index contributed by atoms with van der Waals surface area (Å²) in [4.78, 5) is 22.2. The minimum absolute atomic E-state index is 0.0398. The molecular weight excluding hydrogens is 272 g/mol. The molecular formula is C15H26N2O4. The van der Waals surface area contributed by atoms with Gasteiger partial charge in [0, 0.05) is 13.0 Å². The summed E-state index contributed by atoms with van der Waals surface area (Å²) >= 11 is 0. The van der Waals surface area contributed by atoms with Crippen molar-refractivity contribution in [1.82, 2.24) is 5.32 Å². The Hall–Kier alpha value is -1.56. The van der Waals surface area contributed by atoms with Gasteiger partial charge in [-0.2, -0.15) is 0 Å². The number of amides is 1. The molecule has 0 aromatic heterocycles. The van der Waals surface area contributed by atoms with E-state index in [2.05, 4.69) is 17.5 Å². The van der Waals surface area contributed by atoms with Gasteiger partial charge < -0.3 is 20.9 Å². The number of aliphatic carboxylic acids is 1. The molecule has 0 fully saturated rings. The van der Waals surface area contributed by atoms with E-state index in [4.69, 9.17) is 15.6 Å². The molecule has 0 radical (unpaired) electrons. The number of carbonyl (C=O) groups excluding carboxylic acids is 1. The minimum Gasteiger partial charge on any atom is -0.480 e. The van der Waals surface area contributed by atoms with Gasteiger partial charge in [-0.3, -0.25) is 4.79 Å². The van der Waals surface area contributed by atoms with E-state index in [9.17, 15) is 9.59 Å². The zero-order valence-electron chi connectivity index (χ0n) is 12.4. The largest absolute Gasteiger partial charge is 0.480 e. The lowest BCUT2D eigenvalue weighted by Gasteiger charge is -2.18. The molecule has 6 heteroatoms. The molecule has 6 nitrogen and oxygen atoms in total. The third-order valence-corrected chi connectivity index (χ3v) is 3.51. The molecule has 1 unspecified atom stereocenters. The molecule has 0 aliphatic heterocycles. The van der Waals surface area contributed by atoms with Crippen molar-refractivity contribution >= 4 is 12.1 Å². The number of hydrogen-bond acceptors (Lipinski definition) is 4. The van der Waals surface area contributed by atoms with Crippen molar-refractivity contribution in [3.8, 4) is 0 Å². The van der Waals surface area contributed by atoms with Crippen molar-refractivity contribution in [2.75, 3.05) is 6.54 Å². The maximum absolute atomic E-state index is 11.6. The summed E-state index contributed by atoms with van der Waals surface area (Å²) < 4.78 is 5.37. The monoisotopic (exact) mass is 298 g/mol. The summed E-state index contributed by atoms with van der Waals surface area (Å²) in [6.45, 7) is 0.480. The number of allylic oxidation sites excluding steroid dienone is 1. The average molecular weight is 298 g/mol. The van der Waals surface area contributed by atoms with Gasteiger partial charge in [0.15, 0.2) is 0 Å². The molecule has 0 saturated carbocycles. The van der Waals surface area contributed by atoms with Crippen LogP contribution in [-0.2, 0) is 9.53 Å². The highest BCUT2D eigenvalue weighted by atomic mass is 16.6. The van der Waals surface area contributed by atoms with E-state index in [1.54, 1.807) is 0 Å². The quantitative estimate of drug-likeness (QED) is 0.494. The van der Waals surface area contributed by atoms with Crippen LogP contribution in [0.1, 0.15) is 51.4 Å². The third kappa shape index (κ3) is 8.34. The summed E-state index contributed by atoms with van der Waals surface area (Å²) in [5, 5.41) is 11.3. The van der Waals surface area contributed by atoms with Gasteiger partial charge in [-0.05, 0) is 44.9 Å². The Bertz CT molecular complexity index is 358. The highest BCUT2D eigenvalue weighted by Gasteiger charge is 2.14. The summed E-state index contributed by atoms with van der Waals surface area (Å²) in [7, 11) is 0. The van der Waals surface area contributed by atoms with Gasteiger partial charge in [0.2, 0.25) is 0 Å². The van der Waals surface area contributed by atoms with Gasteiger partial charge in [0.25, 0.3) is 0 Å². The molecule has 0 aromatic carbocycles. The Balaban J connectivity index is 2.09. The Kier molecular flexibility index (Phi) is 8.50. The molecule has 0 aromatic rings. The van der Waals surface area contributed by atoms with Crippen LogP contribution in [0, 0.1) is 0 Å². The van der Waals surface area contributed by atoms with Crippen molar-refractivity contribution in [3.05, 3.63) is 12.2 Å². The first-order valence-corrected chi connectivity index (χ1v) is 7.67.